The molecular weight excluding hydrogens is 212 g/mol. The largest absolute Gasteiger partial charge is 0.383 e. The molecule has 1 rings (SSSR count). The molecule has 0 aromatic heterocycles. The topological polar surface area (TPSA) is 24.5 Å². The summed E-state index contributed by atoms with van der Waals surface area (Å²) in [7, 11) is 1.79. The van der Waals surface area contributed by atoms with Crippen molar-refractivity contribution >= 4 is 0 Å². The first kappa shape index (κ1) is 14.9. The zero-order chi connectivity index (χ0) is 12.7. The molecule has 1 heterocycles. The second-order valence-corrected chi connectivity index (χ2v) is 5.43. The third-order valence-electron chi connectivity index (χ3n) is 4.00. The van der Waals surface area contributed by atoms with Crippen LogP contribution in [0.1, 0.15) is 46.5 Å². The lowest BCUT2D eigenvalue weighted by atomic mass is 9.90. The Morgan fingerprint density at radius 2 is 2.18 bits per heavy atom. The molecule has 17 heavy (non-hydrogen) atoms. The summed E-state index contributed by atoms with van der Waals surface area (Å²) in [5.74, 6) is 0. The molecule has 1 saturated heterocycles. The summed E-state index contributed by atoms with van der Waals surface area (Å²) in [6, 6.07) is 0.515. The summed E-state index contributed by atoms with van der Waals surface area (Å²) >= 11 is 0. The van der Waals surface area contributed by atoms with E-state index in [2.05, 4.69) is 31.0 Å². The quantitative estimate of drug-likeness (QED) is 0.706. The van der Waals surface area contributed by atoms with E-state index in [0.717, 1.165) is 13.2 Å². The molecule has 3 heteroatoms. The lowest BCUT2D eigenvalue weighted by Crippen LogP contribution is -2.52. The van der Waals surface area contributed by atoms with E-state index < -0.39 is 0 Å². The Morgan fingerprint density at radius 3 is 2.65 bits per heavy atom. The maximum absolute atomic E-state index is 5.28. The maximum atomic E-state index is 5.28. The second kappa shape index (κ2) is 7.34. The van der Waals surface area contributed by atoms with E-state index in [1.807, 2.05) is 0 Å². The summed E-state index contributed by atoms with van der Waals surface area (Å²) in [4.78, 5) is 2.55. The van der Waals surface area contributed by atoms with Gasteiger partial charge in [0.1, 0.15) is 0 Å². The molecule has 0 aromatic carbocycles. The van der Waals surface area contributed by atoms with Gasteiger partial charge in [-0.25, -0.2) is 0 Å². The summed E-state index contributed by atoms with van der Waals surface area (Å²) in [5.41, 5.74) is 0.368. The van der Waals surface area contributed by atoms with Gasteiger partial charge in [0.05, 0.1) is 6.61 Å². The van der Waals surface area contributed by atoms with Gasteiger partial charge in [0, 0.05) is 25.2 Å². The number of nitrogens with zero attached hydrogens (tertiary/aromatic N) is 1. The number of nitrogens with one attached hydrogen (secondary N) is 1. The van der Waals surface area contributed by atoms with Crippen LogP contribution in [-0.4, -0.2) is 49.8 Å². The van der Waals surface area contributed by atoms with Crippen LogP contribution in [0.25, 0.3) is 0 Å². The molecule has 0 aromatic rings. The number of methoxy groups -OCH3 is 1. The highest BCUT2D eigenvalue weighted by molar-refractivity contribution is 4.95. The number of hydrogen-bond acceptors (Lipinski definition) is 3. The van der Waals surface area contributed by atoms with Crippen LogP contribution in [0.2, 0.25) is 0 Å². The number of hydrogen-bond donors (Lipinski definition) is 1. The SMILES string of the molecule is CCCC1(CN(CC)C(C)COC)CCCN1. The summed E-state index contributed by atoms with van der Waals surface area (Å²) in [5, 5.41) is 3.75. The molecule has 0 amide bonds. The van der Waals surface area contributed by atoms with E-state index in [4.69, 9.17) is 4.74 Å². The van der Waals surface area contributed by atoms with Crippen LogP contribution >= 0.6 is 0 Å². The average molecular weight is 242 g/mol. The lowest BCUT2D eigenvalue weighted by Gasteiger charge is -2.38. The van der Waals surface area contributed by atoms with Gasteiger partial charge in [-0.05, 0) is 39.3 Å². The fourth-order valence-electron chi connectivity index (χ4n) is 3.09. The zero-order valence-electron chi connectivity index (χ0n) is 12.1. The van der Waals surface area contributed by atoms with Crippen LogP contribution in [0.4, 0.5) is 0 Å². The Morgan fingerprint density at radius 1 is 1.41 bits per heavy atom. The molecule has 0 bridgehead atoms. The van der Waals surface area contributed by atoms with E-state index in [9.17, 15) is 0 Å². The van der Waals surface area contributed by atoms with Crippen LogP contribution < -0.4 is 5.32 Å². The molecule has 0 saturated carbocycles. The third-order valence-corrected chi connectivity index (χ3v) is 4.00. The summed E-state index contributed by atoms with van der Waals surface area (Å²) < 4.78 is 5.28. The monoisotopic (exact) mass is 242 g/mol. The molecular formula is C14H30N2O. The van der Waals surface area contributed by atoms with E-state index >= 15 is 0 Å². The van der Waals surface area contributed by atoms with E-state index in [0.29, 0.717) is 11.6 Å². The predicted octanol–water partition coefficient (Wildman–Crippen LogP) is 2.27. The molecule has 2 atom stereocenters. The summed E-state index contributed by atoms with van der Waals surface area (Å²) in [6.45, 7) is 11.1. The van der Waals surface area contributed by atoms with Gasteiger partial charge in [-0.15, -0.1) is 0 Å². The van der Waals surface area contributed by atoms with Crippen molar-refractivity contribution in [3.63, 3.8) is 0 Å². The Kier molecular flexibility index (Phi) is 6.45. The van der Waals surface area contributed by atoms with E-state index in [1.165, 1.54) is 38.8 Å². The van der Waals surface area contributed by atoms with Crippen molar-refractivity contribution in [3.8, 4) is 0 Å². The van der Waals surface area contributed by atoms with E-state index in [-0.39, 0.29) is 0 Å². The molecule has 0 radical (unpaired) electrons. The van der Waals surface area contributed by atoms with Gasteiger partial charge >= 0.3 is 0 Å². The molecule has 2 unspecified atom stereocenters. The minimum atomic E-state index is 0.368. The standard InChI is InChI=1S/C14H30N2O/c1-5-8-14(9-7-10-15-14)12-16(6-2)13(3)11-17-4/h13,15H,5-12H2,1-4H3. The normalized spacial score (nSPS) is 26.6. The minimum absolute atomic E-state index is 0.368. The van der Waals surface area contributed by atoms with Crippen molar-refractivity contribution in [3.05, 3.63) is 0 Å². The fourth-order valence-corrected chi connectivity index (χ4v) is 3.09. The van der Waals surface area contributed by atoms with Gasteiger partial charge in [-0.3, -0.25) is 4.90 Å². The van der Waals surface area contributed by atoms with Gasteiger partial charge < -0.3 is 10.1 Å². The van der Waals surface area contributed by atoms with Crippen LogP contribution in [0.3, 0.4) is 0 Å². The molecule has 3 nitrogen and oxygen atoms in total. The van der Waals surface area contributed by atoms with Crippen molar-refractivity contribution in [2.45, 2.75) is 58.0 Å². The minimum Gasteiger partial charge on any atom is -0.383 e. The Balaban J connectivity index is 2.57. The molecule has 0 spiro atoms. The highest BCUT2D eigenvalue weighted by Crippen LogP contribution is 2.26. The lowest BCUT2D eigenvalue weighted by molar-refractivity contribution is 0.0799. The van der Waals surface area contributed by atoms with Gasteiger partial charge in [-0.1, -0.05) is 20.3 Å². The fraction of sp³-hybridized carbons (Fsp3) is 1.00. The first-order valence-electron chi connectivity index (χ1n) is 7.15. The van der Waals surface area contributed by atoms with Crippen LogP contribution in [0.15, 0.2) is 0 Å². The molecule has 1 N–H and O–H groups in total. The highest BCUT2D eigenvalue weighted by Gasteiger charge is 2.34. The van der Waals surface area contributed by atoms with Crippen molar-refractivity contribution in [1.82, 2.24) is 10.2 Å². The molecule has 1 aliphatic heterocycles. The van der Waals surface area contributed by atoms with Crippen molar-refractivity contribution in [2.75, 3.05) is 33.4 Å². The molecule has 102 valence electrons. The van der Waals surface area contributed by atoms with Gasteiger partial charge in [0.15, 0.2) is 0 Å². The number of likely N-dealkylation sites (N-methyl/N-ethyl adjacent to an activating group) is 1. The molecule has 1 fully saturated rings. The van der Waals surface area contributed by atoms with Crippen molar-refractivity contribution < 1.29 is 4.74 Å². The number of ether oxygens (including phenoxy) is 1. The Hall–Kier alpha value is -0.120. The molecule has 0 aliphatic carbocycles. The second-order valence-electron chi connectivity index (χ2n) is 5.43. The zero-order valence-corrected chi connectivity index (χ0v) is 12.1. The highest BCUT2D eigenvalue weighted by atomic mass is 16.5. The van der Waals surface area contributed by atoms with Crippen LogP contribution in [-0.2, 0) is 4.74 Å². The van der Waals surface area contributed by atoms with Crippen molar-refractivity contribution in [1.29, 1.82) is 0 Å². The van der Waals surface area contributed by atoms with Gasteiger partial charge in [-0.2, -0.15) is 0 Å². The van der Waals surface area contributed by atoms with Crippen LogP contribution in [0.5, 0.6) is 0 Å². The predicted molar refractivity (Wildman–Crippen MR) is 73.5 cm³/mol. The van der Waals surface area contributed by atoms with E-state index in [1.54, 1.807) is 7.11 Å². The summed E-state index contributed by atoms with van der Waals surface area (Å²) in [6.07, 6.45) is 5.22. The first-order chi connectivity index (χ1) is 8.17. The molecule has 1 aliphatic rings. The first-order valence-corrected chi connectivity index (χ1v) is 7.15. The smallest absolute Gasteiger partial charge is 0.0615 e. The van der Waals surface area contributed by atoms with Gasteiger partial charge in [0.25, 0.3) is 0 Å². The van der Waals surface area contributed by atoms with Gasteiger partial charge in [0.2, 0.25) is 0 Å². The average Bonchev–Trinajstić information content (AvgIpc) is 2.75. The van der Waals surface area contributed by atoms with Crippen LogP contribution in [0, 0.1) is 0 Å². The Bertz CT molecular complexity index is 202. The third kappa shape index (κ3) is 4.23. The number of rotatable bonds is 8. The van der Waals surface area contributed by atoms with Crippen molar-refractivity contribution in [2.24, 2.45) is 0 Å². The Labute approximate surface area is 107 Å². The maximum Gasteiger partial charge on any atom is 0.0615 e.